The quantitative estimate of drug-likeness (QED) is 0.269. The fourth-order valence-electron chi connectivity index (χ4n) is 2.58. The Morgan fingerprint density at radius 2 is 1.58 bits per heavy atom. The van der Waals surface area contributed by atoms with Gasteiger partial charge in [0.05, 0.1) is 10.0 Å². The first kappa shape index (κ1) is 22.9. The van der Waals surface area contributed by atoms with Crippen molar-refractivity contribution in [2.24, 2.45) is 0 Å². The molecule has 3 rings (SSSR count). The molecular formula is C21H19Cl2N5O2S. The summed E-state index contributed by atoms with van der Waals surface area (Å²) in [5.74, 6) is 0.232. The highest BCUT2D eigenvalue weighted by atomic mass is 35.5. The summed E-state index contributed by atoms with van der Waals surface area (Å²) in [6.07, 6.45) is 0. The van der Waals surface area contributed by atoms with Gasteiger partial charge in [-0.25, -0.2) is 20.2 Å². The molecule has 0 aliphatic rings. The molecule has 2 aromatic carbocycles. The summed E-state index contributed by atoms with van der Waals surface area (Å²) in [6.45, 7) is 3.87. The predicted molar refractivity (Wildman–Crippen MR) is 124 cm³/mol. The van der Waals surface area contributed by atoms with Crippen LogP contribution in [0, 0.1) is 13.8 Å². The molecule has 7 nitrogen and oxygen atoms in total. The van der Waals surface area contributed by atoms with Gasteiger partial charge in [-0.3, -0.25) is 10.2 Å². The number of anilines is 1. The fraction of sp³-hybridized carbons (Fsp3) is 0.143. The Labute approximate surface area is 193 Å². The number of thioether (sulfide) groups is 1. The number of hydrogen-bond donors (Lipinski definition) is 3. The van der Waals surface area contributed by atoms with Crippen molar-refractivity contribution in [3.05, 3.63) is 81.1 Å². The summed E-state index contributed by atoms with van der Waals surface area (Å²) < 4.78 is 0. The zero-order valence-electron chi connectivity index (χ0n) is 16.7. The smallest absolute Gasteiger partial charge is 0.307 e. The molecule has 0 radical (unpaired) electrons. The van der Waals surface area contributed by atoms with Crippen molar-refractivity contribution in [3.63, 3.8) is 0 Å². The normalized spacial score (nSPS) is 10.5. The van der Waals surface area contributed by atoms with Crippen molar-refractivity contribution < 1.29 is 9.59 Å². The van der Waals surface area contributed by atoms with Crippen molar-refractivity contribution in [1.29, 1.82) is 0 Å². The number of benzene rings is 2. The second-order valence-electron chi connectivity index (χ2n) is 6.58. The largest absolute Gasteiger partial charge is 0.337 e. The minimum absolute atomic E-state index is 0.311. The van der Waals surface area contributed by atoms with Crippen molar-refractivity contribution in [1.82, 2.24) is 20.8 Å². The predicted octanol–water partition coefficient (Wildman–Crippen LogP) is 5.16. The molecule has 0 spiro atoms. The molecular weight excluding hydrogens is 457 g/mol. The monoisotopic (exact) mass is 475 g/mol. The maximum atomic E-state index is 12.2. The number of halogens is 2. The third kappa shape index (κ3) is 6.85. The molecule has 160 valence electrons. The van der Waals surface area contributed by atoms with Gasteiger partial charge in [-0.1, -0.05) is 47.1 Å². The van der Waals surface area contributed by atoms with Gasteiger partial charge in [0.2, 0.25) is 0 Å². The highest BCUT2D eigenvalue weighted by Crippen LogP contribution is 2.25. The van der Waals surface area contributed by atoms with Gasteiger partial charge in [0.1, 0.15) is 0 Å². The number of rotatable bonds is 5. The first-order chi connectivity index (χ1) is 14.8. The van der Waals surface area contributed by atoms with Gasteiger partial charge in [0.25, 0.3) is 5.91 Å². The number of aromatic nitrogens is 2. The molecule has 1 heterocycles. The summed E-state index contributed by atoms with van der Waals surface area (Å²) >= 11 is 13.3. The van der Waals surface area contributed by atoms with Crippen molar-refractivity contribution in [2.45, 2.75) is 24.8 Å². The Kier molecular flexibility index (Phi) is 7.73. The molecule has 0 saturated heterocycles. The van der Waals surface area contributed by atoms with E-state index in [2.05, 4.69) is 26.1 Å². The van der Waals surface area contributed by atoms with Gasteiger partial charge >= 0.3 is 6.03 Å². The highest BCUT2D eigenvalue weighted by molar-refractivity contribution is 7.98. The number of hydrazine groups is 1. The van der Waals surface area contributed by atoms with Crippen LogP contribution in [0.3, 0.4) is 0 Å². The second kappa shape index (κ2) is 10.5. The fourth-order valence-corrected chi connectivity index (χ4v) is 3.78. The lowest BCUT2D eigenvalue weighted by atomic mass is 10.1. The minimum atomic E-state index is -0.617. The van der Waals surface area contributed by atoms with E-state index in [9.17, 15) is 9.59 Å². The number of hydrogen-bond acceptors (Lipinski definition) is 5. The zero-order chi connectivity index (χ0) is 22.4. The van der Waals surface area contributed by atoms with E-state index in [1.807, 2.05) is 32.0 Å². The molecule has 3 aromatic rings. The number of nitrogens with one attached hydrogen (secondary N) is 3. The van der Waals surface area contributed by atoms with Crippen molar-refractivity contribution in [3.8, 4) is 0 Å². The van der Waals surface area contributed by atoms with E-state index in [0.29, 0.717) is 27.0 Å². The van der Waals surface area contributed by atoms with Crippen LogP contribution < -0.4 is 16.2 Å². The van der Waals surface area contributed by atoms with Gasteiger partial charge < -0.3 is 5.32 Å². The Hall–Kier alpha value is -2.81. The molecule has 3 amide bonds. The topological polar surface area (TPSA) is 96.0 Å². The van der Waals surface area contributed by atoms with Gasteiger partial charge in [-0.15, -0.1) is 0 Å². The van der Waals surface area contributed by atoms with E-state index >= 15 is 0 Å². The average Bonchev–Trinajstić information content (AvgIpc) is 2.73. The van der Waals surface area contributed by atoms with Crippen LogP contribution in [-0.4, -0.2) is 21.9 Å². The molecule has 0 saturated carbocycles. The lowest BCUT2D eigenvalue weighted by Crippen LogP contribution is -2.43. The van der Waals surface area contributed by atoms with Crippen LogP contribution in [0.1, 0.15) is 27.3 Å². The molecule has 31 heavy (non-hydrogen) atoms. The first-order valence-corrected chi connectivity index (χ1v) is 10.9. The second-order valence-corrected chi connectivity index (χ2v) is 8.34. The number of nitrogens with zero attached hydrogens (tertiary/aromatic N) is 2. The van der Waals surface area contributed by atoms with Crippen molar-refractivity contribution >= 4 is 52.6 Å². The van der Waals surface area contributed by atoms with Crippen LogP contribution in [0.25, 0.3) is 0 Å². The molecule has 10 heteroatoms. The molecule has 1 aromatic heterocycles. The molecule has 3 N–H and O–H groups in total. The van der Waals surface area contributed by atoms with Crippen molar-refractivity contribution in [2.75, 3.05) is 5.32 Å². The Bertz CT molecular complexity index is 1090. The maximum absolute atomic E-state index is 12.2. The molecule has 0 unspecified atom stereocenters. The van der Waals surface area contributed by atoms with Gasteiger partial charge in [-0.05, 0) is 55.8 Å². The third-order valence-corrected chi connectivity index (χ3v) is 5.67. The number of amides is 3. The maximum Gasteiger partial charge on any atom is 0.337 e. The van der Waals surface area contributed by atoms with Crippen LogP contribution in [0.15, 0.2) is 53.7 Å². The summed E-state index contributed by atoms with van der Waals surface area (Å²) in [5, 5.41) is 3.95. The number of urea groups is 1. The molecule has 0 atom stereocenters. The Morgan fingerprint density at radius 1 is 0.903 bits per heavy atom. The van der Waals surface area contributed by atoms with Gasteiger partial charge in [0.15, 0.2) is 5.16 Å². The summed E-state index contributed by atoms with van der Waals surface area (Å²) in [7, 11) is 0. The summed E-state index contributed by atoms with van der Waals surface area (Å²) in [4.78, 5) is 33.0. The number of aryl methyl sites for hydroxylation is 2. The molecule has 0 bridgehead atoms. The van der Waals surface area contributed by atoms with Crippen LogP contribution in [-0.2, 0) is 5.75 Å². The molecule has 0 aliphatic carbocycles. The van der Waals surface area contributed by atoms with E-state index in [-0.39, 0.29) is 0 Å². The first-order valence-electron chi connectivity index (χ1n) is 9.16. The average molecular weight is 476 g/mol. The van der Waals surface area contributed by atoms with E-state index < -0.39 is 11.9 Å². The van der Waals surface area contributed by atoms with Crippen LogP contribution in [0.5, 0.6) is 0 Å². The lowest BCUT2D eigenvalue weighted by molar-refractivity contribution is 0.0938. The number of carbonyl (C=O) groups is 2. The van der Waals surface area contributed by atoms with Gasteiger partial charge in [-0.2, -0.15) is 0 Å². The van der Waals surface area contributed by atoms with E-state index in [4.69, 9.17) is 23.2 Å². The SMILES string of the molecule is Cc1cc(C)nc(SCc2ccc(C(=O)NNC(=O)Nc3ccc(Cl)c(Cl)c3)cc2)n1. The minimum Gasteiger partial charge on any atom is -0.307 e. The van der Waals surface area contributed by atoms with Crippen LogP contribution in [0.4, 0.5) is 10.5 Å². The summed E-state index contributed by atoms with van der Waals surface area (Å²) in [5.41, 5.74) is 8.37. The Morgan fingerprint density at radius 3 is 2.23 bits per heavy atom. The third-order valence-electron chi connectivity index (χ3n) is 4.01. The molecule has 0 fully saturated rings. The lowest BCUT2D eigenvalue weighted by Gasteiger charge is -2.10. The van der Waals surface area contributed by atoms with E-state index in [1.165, 1.54) is 17.8 Å². The van der Waals surface area contributed by atoms with Crippen LogP contribution in [0.2, 0.25) is 10.0 Å². The van der Waals surface area contributed by atoms with Crippen LogP contribution >= 0.6 is 35.0 Å². The number of carbonyl (C=O) groups excluding carboxylic acids is 2. The van der Waals surface area contributed by atoms with E-state index in [1.54, 1.807) is 24.3 Å². The van der Waals surface area contributed by atoms with Gasteiger partial charge in [0, 0.05) is 28.4 Å². The Balaban J connectivity index is 1.49. The highest BCUT2D eigenvalue weighted by Gasteiger charge is 2.09. The summed E-state index contributed by atoms with van der Waals surface area (Å²) in [6, 6.07) is 13.0. The van der Waals surface area contributed by atoms with E-state index in [0.717, 1.165) is 22.1 Å². The molecule has 0 aliphatic heterocycles. The standard InChI is InChI=1S/C21H19Cl2N5O2S/c1-12-9-13(2)25-21(24-12)31-11-14-3-5-15(6-4-14)19(29)27-28-20(30)26-16-7-8-17(22)18(23)10-16/h3-10H,11H2,1-2H3,(H,27,29)(H2,26,28,30). The zero-order valence-corrected chi connectivity index (χ0v) is 19.0.